The standard InChI is InChI=1S/C15H31O6PS2/c1-4-7-9-11-18-20-22(23,21-19-12-10-8-5-2)24-14(6-3)13-15(16)17/h14H,4-13H2,1-3H3,(H,16,17). The van der Waals surface area contributed by atoms with Crippen LogP contribution < -0.4 is 0 Å². The summed E-state index contributed by atoms with van der Waals surface area (Å²) >= 11 is 6.64. The van der Waals surface area contributed by atoms with Gasteiger partial charge in [0, 0.05) is 5.25 Å². The maximum atomic E-state index is 10.9. The molecule has 0 saturated heterocycles. The summed E-state index contributed by atoms with van der Waals surface area (Å²) in [7, 11) is 0. The molecule has 1 unspecified atom stereocenters. The quantitative estimate of drug-likeness (QED) is 0.148. The van der Waals surface area contributed by atoms with Gasteiger partial charge in [-0.1, -0.05) is 57.8 Å². The fraction of sp³-hybridized carbons (Fsp3) is 0.933. The Hall–Kier alpha value is 0.310. The number of hydrogen-bond donors (Lipinski definition) is 1. The van der Waals surface area contributed by atoms with E-state index in [2.05, 4.69) is 13.8 Å². The number of carboxylic acids is 1. The van der Waals surface area contributed by atoms with Gasteiger partial charge in [0.25, 0.3) is 0 Å². The second kappa shape index (κ2) is 15.6. The van der Waals surface area contributed by atoms with Crippen molar-refractivity contribution < 1.29 is 29.0 Å². The zero-order valence-electron chi connectivity index (χ0n) is 14.9. The first kappa shape index (κ1) is 24.3. The Morgan fingerprint density at radius 3 is 1.92 bits per heavy atom. The molecule has 0 aromatic heterocycles. The molecule has 0 fully saturated rings. The van der Waals surface area contributed by atoms with E-state index in [0.717, 1.165) is 38.5 Å². The summed E-state index contributed by atoms with van der Waals surface area (Å²) in [5.74, 6) is -0.872. The number of unbranched alkanes of at least 4 members (excludes halogenated alkanes) is 4. The maximum absolute atomic E-state index is 10.9. The molecule has 0 aliphatic heterocycles. The van der Waals surface area contributed by atoms with E-state index in [0.29, 0.717) is 19.6 Å². The van der Waals surface area contributed by atoms with Crippen LogP contribution in [0.5, 0.6) is 0 Å². The Morgan fingerprint density at radius 1 is 1.04 bits per heavy atom. The van der Waals surface area contributed by atoms with Crippen molar-refractivity contribution in [3.05, 3.63) is 0 Å². The molecule has 0 radical (unpaired) electrons. The topological polar surface area (TPSA) is 74.2 Å². The zero-order chi connectivity index (χ0) is 18.3. The molecule has 1 N–H and O–H groups in total. The van der Waals surface area contributed by atoms with Crippen molar-refractivity contribution >= 4 is 34.9 Å². The summed E-state index contributed by atoms with van der Waals surface area (Å²) in [4.78, 5) is 21.3. The SMILES string of the molecule is CCCCCOOP(=S)(OOCCCCC)SC(CC)CC(=O)O. The molecule has 0 aliphatic rings. The van der Waals surface area contributed by atoms with Gasteiger partial charge in [0.2, 0.25) is 0 Å². The number of carbonyl (C=O) groups is 1. The van der Waals surface area contributed by atoms with Crippen molar-refractivity contribution in [2.75, 3.05) is 13.2 Å². The normalized spacial score (nSPS) is 13.1. The second-order valence-corrected chi connectivity index (χ2v) is 11.7. The van der Waals surface area contributed by atoms with Crippen LogP contribution in [0.1, 0.15) is 72.1 Å². The first-order chi connectivity index (χ1) is 11.5. The minimum absolute atomic E-state index is 0.00204. The molecule has 0 aromatic carbocycles. The third kappa shape index (κ3) is 13.6. The number of aliphatic carboxylic acids is 1. The summed E-state index contributed by atoms with van der Waals surface area (Å²) in [6.45, 7) is 6.98. The summed E-state index contributed by atoms with van der Waals surface area (Å²) in [6.07, 6.45) is 6.65. The van der Waals surface area contributed by atoms with Crippen LogP contribution in [0.2, 0.25) is 0 Å². The van der Waals surface area contributed by atoms with Crippen molar-refractivity contribution in [3.8, 4) is 0 Å². The molecule has 0 bridgehead atoms. The monoisotopic (exact) mass is 402 g/mol. The smallest absolute Gasteiger partial charge is 0.307 e. The molecule has 0 aliphatic carbocycles. The van der Waals surface area contributed by atoms with Gasteiger partial charge in [-0.15, -0.1) is 0 Å². The average molecular weight is 403 g/mol. The Labute approximate surface area is 154 Å². The van der Waals surface area contributed by atoms with Gasteiger partial charge >= 0.3 is 11.7 Å². The van der Waals surface area contributed by atoms with Crippen molar-refractivity contribution in [2.45, 2.75) is 77.4 Å². The van der Waals surface area contributed by atoms with Crippen LogP contribution in [0.25, 0.3) is 0 Å². The third-order valence-electron chi connectivity index (χ3n) is 3.09. The molecule has 6 nitrogen and oxygen atoms in total. The van der Waals surface area contributed by atoms with Gasteiger partial charge in [0.15, 0.2) is 0 Å². The number of rotatable bonds is 17. The summed E-state index contributed by atoms with van der Waals surface area (Å²) < 4.78 is 10.7. The van der Waals surface area contributed by atoms with E-state index in [9.17, 15) is 4.79 Å². The Kier molecular flexibility index (Phi) is 15.8. The average Bonchev–Trinajstić information content (AvgIpc) is 2.53. The molecular formula is C15H31O6PS2. The van der Waals surface area contributed by atoms with Crippen LogP contribution in [0.4, 0.5) is 0 Å². The summed E-state index contributed by atoms with van der Waals surface area (Å²) in [5, 5.41) is 8.78. The highest BCUT2D eigenvalue weighted by atomic mass is 32.9. The van der Waals surface area contributed by atoms with Crippen LogP contribution in [-0.2, 0) is 35.7 Å². The third-order valence-corrected chi connectivity index (χ3v) is 7.89. The first-order valence-corrected chi connectivity index (χ1v) is 12.7. The molecule has 0 heterocycles. The molecular weight excluding hydrogens is 371 g/mol. The molecule has 1 atom stereocenters. The Morgan fingerprint density at radius 2 is 1.54 bits per heavy atom. The van der Waals surface area contributed by atoms with Gasteiger partial charge in [0.1, 0.15) is 0 Å². The lowest BCUT2D eigenvalue weighted by Gasteiger charge is -2.22. The first-order valence-electron chi connectivity index (χ1n) is 8.60. The van der Waals surface area contributed by atoms with Crippen molar-refractivity contribution in [2.24, 2.45) is 0 Å². The fourth-order valence-corrected chi connectivity index (χ4v) is 6.53. The van der Waals surface area contributed by atoms with Crippen LogP contribution in [-0.4, -0.2) is 29.5 Å². The molecule has 0 rings (SSSR count). The van der Waals surface area contributed by atoms with Crippen LogP contribution in [0.3, 0.4) is 0 Å². The molecule has 24 heavy (non-hydrogen) atoms. The molecule has 0 spiro atoms. The number of carboxylic acid groups (broad SMARTS) is 1. The second-order valence-electron chi connectivity index (χ2n) is 5.39. The highest BCUT2D eigenvalue weighted by Crippen LogP contribution is 2.63. The van der Waals surface area contributed by atoms with Crippen molar-refractivity contribution in [1.29, 1.82) is 0 Å². The van der Waals surface area contributed by atoms with E-state index in [1.54, 1.807) is 0 Å². The minimum atomic E-state index is -2.90. The van der Waals surface area contributed by atoms with E-state index < -0.39 is 11.7 Å². The molecule has 9 heteroatoms. The molecule has 0 amide bonds. The van der Waals surface area contributed by atoms with Crippen LogP contribution in [0, 0.1) is 0 Å². The van der Waals surface area contributed by atoms with Crippen molar-refractivity contribution in [3.63, 3.8) is 0 Å². The van der Waals surface area contributed by atoms with Gasteiger partial charge in [-0.3, -0.25) is 4.79 Å². The predicted molar refractivity (Wildman–Crippen MR) is 101 cm³/mol. The van der Waals surface area contributed by atoms with Crippen LogP contribution in [0.15, 0.2) is 0 Å². The van der Waals surface area contributed by atoms with Gasteiger partial charge in [-0.2, -0.15) is 9.35 Å². The van der Waals surface area contributed by atoms with E-state index in [4.69, 9.17) is 36.0 Å². The Balaban J connectivity index is 4.48. The molecule has 0 saturated carbocycles. The lowest BCUT2D eigenvalue weighted by Crippen LogP contribution is -2.10. The largest absolute Gasteiger partial charge is 0.481 e. The molecule has 0 aromatic rings. The highest BCUT2D eigenvalue weighted by Gasteiger charge is 2.29. The van der Waals surface area contributed by atoms with E-state index in [1.165, 1.54) is 11.4 Å². The fourth-order valence-electron chi connectivity index (χ4n) is 1.71. The van der Waals surface area contributed by atoms with Gasteiger partial charge in [0.05, 0.1) is 19.6 Å². The highest BCUT2D eigenvalue weighted by molar-refractivity contribution is 8.68. The van der Waals surface area contributed by atoms with E-state index in [-0.39, 0.29) is 11.7 Å². The molecule has 144 valence electrons. The van der Waals surface area contributed by atoms with Gasteiger partial charge in [-0.05, 0) is 31.1 Å². The predicted octanol–water partition coefficient (Wildman–Crippen LogP) is 5.47. The lowest BCUT2D eigenvalue weighted by atomic mass is 10.2. The van der Waals surface area contributed by atoms with Gasteiger partial charge < -0.3 is 5.11 Å². The van der Waals surface area contributed by atoms with Gasteiger partial charge in [-0.25, -0.2) is 9.78 Å². The van der Waals surface area contributed by atoms with Crippen LogP contribution >= 0.6 is 17.1 Å². The summed E-state index contributed by atoms with van der Waals surface area (Å²) in [5.41, 5.74) is -2.90. The zero-order valence-corrected chi connectivity index (χ0v) is 17.4. The number of hydrogen-bond acceptors (Lipinski definition) is 7. The summed E-state index contributed by atoms with van der Waals surface area (Å²) in [6, 6.07) is 0. The Bertz CT molecular complexity index is 352. The minimum Gasteiger partial charge on any atom is -0.481 e. The maximum Gasteiger partial charge on any atom is 0.307 e. The lowest BCUT2D eigenvalue weighted by molar-refractivity contribution is -0.253. The van der Waals surface area contributed by atoms with E-state index in [1.807, 2.05) is 6.92 Å². The van der Waals surface area contributed by atoms with E-state index >= 15 is 0 Å². The van der Waals surface area contributed by atoms with Crippen molar-refractivity contribution in [1.82, 2.24) is 0 Å².